The summed E-state index contributed by atoms with van der Waals surface area (Å²) in [6.45, 7) is 3.61. The molecule has 0 saturated carbocycles. The van der Waals surface area contributed by atoms with Gasteiger partial charge in [-0.25, -0.2) is 4.79 Å². The second-order valence-electron chi connectivity index (χ2n) is 3.57. The average Bonchev–Trinajstić information content (AvgIpc) is 2.32. The van der Waals surface area contributed by atoms with Crippen LogP contribution in [0.1, 0.15) is 5.56 Å². The molecule has 0 amide bonds. The third-order valence-electron chi connectivity index (χ3n) is 2.52. The first kappa shape index (κ1) is 11.3. The quantitative estimate of drug-likeness (QED) is 0.651. The van der Waals surface area contributed by atoms with Gasteiger partial charge in [-0.2, -0.15) is 0 Å². The standard InChI is InChI=1S/C13H12O4/c1-3-4-8-10(14)7-11(16-2)9-5-6-12(15)17-13(8)9/h3,5-7,14H,1,4H2,2H3. The molecule has 0 aliphatic rings. The van der Waals surface area contributed by atoms with Crippen LogP contribution in [0.15, 0.2) is 40.1 Å². The van der Waals surface area contributed by atoms with Gasteiger partial charge >= 0.3 is 5.63 Å². The Morgan fingerprint density at radius 1 is 1.53 bits per heavy atom. The number of benzene rings is 1. The van der Waals surface area contributed by atoms with E-state index in [4.69, 9.17) is 9.15 Å². The second kappa shape index (κ2) is 4.33. The van der Waals surface area contributed by atoms with Crippen molar-refractivity contribution < 1.29 is 14.3 Å². The van der Waals surface area contributed by atoms with Crippen molar-refractivity contribution in [2.45, 2.75) is 6.42 Å². The maximum Gasteiger partial charge on any atom is 0.336 e. The van der Waals surface area contributed by atoms with Gasteiger partial charge in [0.2, 0.25) is 0 Å². The largest absolute Gasteiger partial charge is 0.507 e. The van der Waals surface area contributed by atoms with Gasteiger partial charge in [0, 0.05) is 17.7 Å². The van der Waals surface area contributed by atoms with Crippen molar-refractivity contribution in [1.82, 2.24) is 0 Å². The van der Waals surface area contributed by atoms with E-state index < -0.39 is 5.63 Å². The number of ether oxygens (including phenoxy) is 1. The van der Waals surface area contributed by atoms with Crippen molar-refractivity contribution in [3.8, 4) is 11.5 Å². The summed E-state index contributed by atoms with van der Waals surface area (Å²) in [5.41, 5.74) is 0.415. The first-order valence-corrected chi connectivity index (χ1v) is 5.11. The predicted octanol–water partition coefficient (Wildman–Crippen LogP) is 2.24. The fourth-order valence-electron chi connectivity index (χ4n) is 1.75. The van der Waals surface area contributed by atoms with Gasteiger partial charge < -0.3 is 14.3 Å². The first-order chi connectivity index (χ1) is 8.17. The number of aromatic hydroxyl groups is 1. The summed E-state index contributed by atoms with van der Waals surface area (Å²) < 4.78 is 10.3. The van der Waals surface area contributed by atoms with E-state index in [0.717, 1.165) is 0 Å². The van der Waals surface area contributed by atoms with Crippen molar-refractivity contribution in [2.75, 3.05) is 7.11 Å². The number of allylic oxidation sites excluding steroid dienone is 1. The second-order valence-corrected chi connectivity index (χ2v) is 3.57. The summed E-state index contributed by atoms with van der Waals surface area (Å²) in [6, 6.07) is 4.44. The molecule has 0 aliphatic heterocycles. The highest BCUT2D eigenvalue weighted by molar-refractivity contribution is 5.88. The SMILES string of the molecule is C=CCc1c(O)cc(OC)c2ccc(=O)oc12. The van der Waals surface area contributed by atoms with Gasteiger partial charge in [0.05, 0.1) is 12.5 Å². The summed E-state index contributed by atoms with van der Waals surface area (Å²) in [5.74, 6) is 0.498. The Bertz CT molecular complexity index is 625. The number of methoxy groups -OCH3 is 1. The summed E-state index contributed by atoms with van der Waals surface area (Å²) >= 11 is 0. The number of hydrogen-bond acceptors (Lipinski definition) is 4. The van der Waals surface area contributed by atoms with Crippen LogP contribution >= 0.6 is 0 Å². The molecule has 0 spiro atoms. The number of rotatable bonds is 3. The molecule has 0 saturated heterocycles. The molecule has 88 valence electrons. The van der Waals surface area contributed by atoms with Crippen LogP contribution in [0.4, 0.5) is 0 Å². The van der Waals surface area contributed by atoms with E-state index in [-0.39, 0.29) is 5.75 Å². The molecule has 0 radical (unpaired) electrons. The molecule has 17 heavy (non-hydrogen) atoms. The molecular formula is C13H12O4. The Kier molecular flexibility index (Phi) is 2.87. The lowest BCUT2D eigenvalue weighted by molar-refractivity contribution is 0.409. The molecule has 0 atom stereocenters. The summed E-state index contributed by atoms with van der Waals surface area (Å²) in [4.78, 5) is 11.2. The number of hydrogen-bond donors (Lipinski definition) is 1. The van der Waals surface area contributed by atoms with Crippen LogP contribution in [-0.2, 0) is 6.42 Å². The van der Waals surface area contributed by atoms with Crippen LogP contribution in [0.5, 0.6) is 11.5 Å². The van der Waals surface area contributed by atoms with Crippen LogP contribution in [-0.4, -0.2) is 12.2 Å². The Morgan fingerprint density at radius 3 is 2.94 bits per heavy atom. The number of fused-ring (bicyclic) bond motifs is 1. The lowest BCUT2D eigenvalue weighted by atomic mass is 10.1. The van der Waals surface area contributed by atoms with Gasteiger partial charge in [0.15, 0.2) is 0 Å². The molecule has 2 rings (SSSR count). The fourth-order valence-corrected chi connectivity index (χ4v) is 1.75. The highest BCUT2D eigenvalue weighted by Crippen LogP contribution is 2.34. The number of phenolic OH excluding ortho intramolecular Hbond substituents is 1. The normalized spacial score (nSPS) is 10.4. The molecule has 4 nitrogen and oxygen atoms in total. The van der Waals surface area contributed by atoms with E-state index in [9.17, 15) is 9.90 Å². The minimum Gasteiger partial charge on any atom is -0.507 e. The van der Waals surface area contributed by atoms with E-state index >= 15 is 0 Å². The molecule has 1 N–H and O–H groups in total. The molecule has 1 aromatic heterocycles. The van der Waals surface area contributed by atoms with Gasteiger partial charge in [-0.15, -0.1) is 6.58 Å². The molecule has 0 bridgehead atoms. The van der Waals surface area contributed by atoms with Crippen molar-refractivity contribution in [2.24, 2.45) is 0 Å². The van der Waals surface area contributed by atoms with Crippen molar-refractivity contribution in [1.29, 1.82) is 0 Å². The molecule has 1 aromatic carbocycles. The Hall–Kier alpha value is -2.23. The molecule has 0 unspecified atom stereocenters. The van der Waals surface area contributed by atoms with Gasteiger partial charge in [-0.05, 0) is 12.5 Å². The maximum atomic E-state index is 11.2. The van der Waals surface area contributed by atoms with E-state index in [2.05, 4.69) is 6.58 Å². The van der Waals surface area contributed by atoms with Gasteiger partial charge in [0.25, 0.3) is 0 Å². The highest BCUT2D eigenvalue weighted by atomic mass is 16.5. The monoisotopic (exact) mass is 232 g/mol. The van der Waals surface area contributed by atoms with E-state index in [1.165, 1.54) is 19.2 Å². The minimum absolute atomic E-state index is 0.0311. The average molecular weight is 232 g/mol. The van der Waals surface area contributed by atoms with Crippen molar-refractivity contribution in [3.63, 3.8) is 0 Å². The minimum atomic E-state index is -0.463. The first-order valence-electron chi connectivity index (χ1n) is 5.11. The zero-order chi connectivity index (χ0) is 12.4. The smallest absolute Gasteiger partial charge is 0.336 e. The molecule has 0 aliphatic carbocycles. The van der Waals surface area contributed by atoms with Gasteiger partial charge in [-0.1, -0.05) is 6.08 Å². The summed E-state index contributed by atoms with van der Waals surface area (Å²) in [7, 11) is 1.49. The molecule has 4 heteroatoms. The third kappa shape index (κ3) is 1.89. The van der Waals surface area contributed by atoms with Crippen LogP contribution in [0.25, 0.3) is 11.0 Å². The summed E-state index contributed by atoms with van der Waals surface area (Å²) in [5, 5.41) is 10.5. The van der Waals surface area contributed by atoms with Crippen molar-refractivity contribution in [3.05, 3.63) is 46.8 Å². The molecule has 0 fully saturated rings. The van der Waals surface area contributed by atoms with E-state index in [0.29, 0.717) is 28.7 Å². The van der Waals surface area contributed by atoms with Gasteiger partial charge in [0.1, 0.15) is 17.1 Å². The Morgan fingerprint density at radius 2 is 2.29 bits per heavy atom. The fraction of sp³-hybridized carbons (Fsp3) is 0.154. The topological polar surface area (TPSA) is 59.7 Å². The molecular weight excluding hydrogens is 220 g/mol. The zero-order valence-electron chi connectivity index (χ0n) is 9.40. The Labute approximate surface area is 97.8 Å². The van der Waals surface area contributed by atoms with Crippen LogP contribution in [0.2, 0.25) is 0 Å². The maximum absolute atomic E-state index is 11.2. The summed E-state index contributed by atoms with van der Waals surface area (Å²) in [6.07, 6.45) is 2.05. The zero-order valence-corrected chi connectivity index (χ0v) is 9.40. The van der Waals surface area contributed by atoms with Crippen LogP contribution in [0.3, 0.4) is 0 Å². The predicted molar refractivity (Wildman–Crippen MR) is 64.6 cm³/mol. The highest BCUT2D eigenvalue weighted by Gasteiger charge is 2.13. The van der Waals surface area contributed by atoms with E-state index in [1.54, 1.807) is 12.1 Å². The van der Waals surface area contributed by atoms with Gasteiger partial charge in [-0.3, -0.25) is 0 Å². The Balaban J connectivity index is 2.88. The number of phenols is 1. The van der Waals surface area contributed by atoms with Crippen LogP contribution in [0, 0.1) is 0 Å². The van der Waals surface area contributed by atoms with Crippen molar-refractivity contribution >= 4 is 11.0 Å². The van der Waals surface area contributed by atoms with E-state index in [1.807, 2.05) is 0 Å². The third-order valence-corrected chi connectivity index (χ3v) is 2.52. The lowest BCUT2D eigenvalue weighted by Crippen LogP contribution is -1.98. The van der Waals surface area contributed by atoms with Crippen LogP contribution < -0.4 is 10.4 Å². The lowest BCUT2D eigenvalue weighted by Gasteiger charge is -2.09. The molecule has 2 aromatic rings. The molecule has 1 heterocycles.